The molecule has 0 aliphatic carbocycles. The molecule has 1 saturated heterocycles. The van der Waals surface area contributed by atoms with E-state index in [-0.39, 0.29) is 24.0 Å². The van der Waals surface area contributed by atoms with Crippen LogP contribution in [-0.4, -0.2) is 54.6 Å². The fraction of sp³-hybridized carbons (Fsp3) is 0.455. The molecular weight excluding hydrogens is 507 g/mol. The zero-order valence-corrected chi connectivity index (χ0v) is 20.7. The number of benzene rings is 1. The van der Waals surface area contributed by atoms with Gasteiger partial charge in [0.15, 0.2) is 5.96 Å². The summed E-state index contributed by atoms with van der Waals surface area (Å²) in [6.45, 7) is 2.89. The zero-order valence-electron chi connectivity index (χ0n) is 17.6. The van der Waals surface area contributed by atoms with Crippen molar-refractivity contribution in [1.29, 1.82) is 0 Å². The third-order valence-corrected chi connectivity index (χ3v) is 6.63. The van der Waals surface area contributed by atoms with Crippen LogP contribution in [0.2, 0.25) is 0 Å². The first-order valence-corrected chi connectivity index (χ1v) is 11.2. The molecule has 1 fully saturated rings. The number of rotatable bonds is 6. The number of hydrogen-bond donors (Lipinski definition) is 3. The highest BCUT2D eigenvalue weighted by molar-refractivity contribution is 14.0. The molecule has 1 aliphatic rings. The van der Waals surface area contributed by atoms with Crippen molar-refractivity contribution < 1.29 is 0 Å². The fourth-order valence-electron chi connectivity index (χ4n) is 4.25. The average Bonchev–Trinajstić information content (AvgIpc) is 3.40. The van der Waals surface area contributed by atoms with Crippen molar-refractivity contribution in [3.63, 3.8) is 0 Å². The number of imidazole rings is 1. The molecule has 2 aromatic heterocycles. The Morgan fingerprint density at radius 1 is 1.27 bits per heavy atom. The van der Waals surface area contributed by atoms with Gasteiger partial charge in [-0.1, -0.05) is 18.2 Å². The maximum Gasteiger partial charge on any atom is 0.191 e. The Hall–Kier alpha value is -1.65. The van der Waals surface area contributed by atoms with Gasteiger partial charge in [0.2, 0.25) is 0 Å². The lowest BCUT2D eigenvalue weighted by molar-refractivity contribution is 0.125. The van der Waals surface area contributed by atoms with Gasteiger partial charge in [-0.15, -0.1) is 35.3 Å². The van der Waals surface area contributed by atoms with Crippen LogP contribution < -0.4 is 10.6 Å². The third kappa shape index (κ3) is 5.53. The van der Waals surface area contributed by atoms with Crippen LogP contribution in [0, 0.1) is 5.92 Å². The largest absolute Gasteiger partial charge is 0.356 e. The molecule has 2 unspecified atom stereocenters. The van der Waals surface area contributed by atoms with E-state index in [4.69, 9.17) is 0 Å². The molecule has 0 bridgehead atoms. The van der Waals surface area contributed by atoms with E-state index < -0.39 is 0 Å². The van der Waals surface area contributed by atoms with E-state index in [2.05, 4.69) is 61.1 Å². The molecule has 4 rings (SSSR count). The second kappa shape index (κ2) is 11.1. The number of nitrogens with zero attached hydrogens (tertiary/aromatic N) is 3. The molecule has 0 spiro atoms. The molecule has 3 aromatic rings. The summed E-state index contributed by atoms with van der Waals surface area (Å²) in [5, 5.41) is 9.16. The Morgan fingerprint density at radius 3 is 2.90 bits per heavy atom. The summed E-state index contributed by atoms with van der Waals surface area (Å²) in [6, 6.07) is 13.1. The van der Waals surface area contributed by atoms with Crippen LogP contribution in [0.5, 0.6) is 0 Å². The number of piperidine rings is 1. The van der Waals surface area contributed by atoms with Gasteiger partial charge in [0.05, 0.1) is 11.0 Å². The number of thiophene rings is 1. The normalized spacial score (nSPS) is 20.1. The van der Waals surface area contributed by atoms with E-state index in [0.717, 1.165) is 42.3 Å². The number of nitrogens with one attached hydrogen (secondary N) is 3. The van der Waals surface area contributed by atoms with E-state index in [9.17, 15) is 0 Å². The van der Waals surface area contributed by atoms with Crippen LogP contribution in [0.1, 0.15) is 29.6 Å². The van der Waals surface area contributed by atoms with Gasteiger partial charge in [0, 0.05) is 37.5 Å². The van der Waals surface area contributed by atoms with Crippen LogP contribution in [0.15, 0.2) is 46.8 Å². The molecule has 30 heavy (non-hydrogen) atoms. The predicted molar refractivity (Wildman–Crippen MR) is 137 cm³/mol. The number of aliphatic imine (C=N–C) groups is 1. The van der Waals surface area contributed by atoms with E-state index in [1.807, 2.05) is 36.6 Å². The molecule has 3 N–H and O–H groups in total. The first kappa shape index (κ1) is 23.0. The summed E-state index contributed by atoms with van der Waals surface area (Å²) in [7, 11) is 4.08. The number of aromatic amines is 1. The monoisotopic (exact) mass is 538 g/mol. The van der Waals surface area contributed by atoms with Gasteiger partial charge in [-0.2, -0.15) is 0 Å². The third-order valence-electron chi connectivity index (χ3n) is 5.69. The van der Waals surface area contributed by atoms with E-state index >= 15 is 0 Å². The number of aromatic nitrogens is 2. The van der Waals surface area contributed by atoms with E-state index in [1.54, 1.807) is 0 Å². The highest BCUT2D eigenvalue weighted by atomic mass is 127. The molecule has 1 aliphatic heterocycles. The second-order valence-corrected chi connectivity index (χ2v) is 8.65. The maximum absolute atomic E-state index is 4.64. The molecule has 8 heteroatoms. The van der Waals surface area contributed by atoms with Gasteiger partial charge >= 0.3 is 0 Å². The number of para-hydroxylation sites is 2. The fourth-order valence-corrected chi connectivity index (χ4v) is 5.24. The lowest BCUT2D eigenvalue weighted by Gasteiger charge is -2.39. The van der Waals surface area contributed by atoms with Crippen LogP contribution in [0.25, 0.3) is 11.0 Å². The Morgan fingerprint density at radius 2 is 2.13 bits per heavy atom. The maximum atomic E-state index is 4.64. The van der Waals surface area contributed by atoms with Gasteiger partial charge in [0.1, 0.15) is 5.82 Å². The average molecular weight is 539 g/mol. The smallest absolute Gasteiger partial charge is 0.191 e. The Balaban J connectivity index is 0.00000256. The zero-order chi connectivity index (χ0) is 20.1. The lowest BCUT2D eigenvalue weighted by atomic mass is 9.88. The summed E-state index contributed by atoms with van der Waals surface area (Å²) < 4.78 is 0. The number of hydrogen-bond acceptors (Lipinski definition) is 4. The first-order chi connectivity index (χ1) is 14.2. The van der Waals surface area contributed by atoms with E-state index in [1.165, 1.54) is 24.3 Å². The van der Waals surface area contributed by atoms with Gasteiger partial charge in [-0.05, 0) is 55.9 Å². The van der Waals surface area contributed by atoms with Gasteiger partial charge in [-0.25, -0.2) is 4.98 Å². The number of fused-ring (bicyclic) bond motifs is 1. The molecule has 0 amide bonds. The van der Waals surface area contributed by atoms with E-state index in [0.29, 0.717) is 12.0 Å². The van der Waals surface area contributed by atoms with Gasteiger partial charge < -0.3 is 15.6 Å². The highest BCUT2D eigenvalue weighted by Crippen LogP contribution is 2.36. The standard InChI is InChI=1S/C22H30N6S.HI/c1-23-22(24-12-11-20-26-17-8-3-4-9-18(17)27-20)25-15-16-7-5-13-28(2)21(16)19-10-6-14-29-19;/h3-4,6,8-10,14,16,21H,5,7,11-13,15H2,1-2H3,(H,26,27)(H2,23,24,25);1H. The lowest BCUT2D eigenvalue weighted by Crippen LogP contribution is -2.45. The van der Waals surface area contributed by atoms with Crippen molar-refractivity contribution in [3.05, 3.63) is 52.5 Å². The molecule has 0 saturated carbocycles. The van der Waals surface area contributed by atoms with Crippen LogP contribution in [-0.2, 0) is 6.42 Å². The van der Waals surface area contributed by atoms with Crippen molar-refractivity contribution in [3.8, 4) is 0 Å². The number of halogens is 1. The summed E-state index contributed by atoms with van der Waals surface area (Å²) in [5.74, 6) is 2.45. The summed E-state index contributed by atoms with van der Waals surface area (Å²) >= 11 is 1.86. The number of H-pyrrole nitrogens is 1. The molecule has 2 atom stereocenters. The minimum atomic E-state index is 0. The molecule has 6 nitrogen and oxygen atoms in total. The topological polar surface area (TPSA) is 68.3 Å². The van der Waals surface area contributed by atoms with Crippen molar-refractivity contribution in [1.82, 2.24) is 25.5 Å². The summed E-state index contributed by atoms with van der Waals surface area (Å²) in [6.07, 6.45) is 3.33. The van der Waals surface area contributed by atoms with Crippen molar-refractivity contribution in [2.75, 3.05) is 33.7 Å². The van der Waals surface area contributed by atoms with Crippen molar-refractivity contribution in [2.24, 2.45) is 10.9 Å². The highest BCUT2D eigenvalue weighted by Gasteiger charge is 2.31. The minimum Gasteiger partial charge on any atom is -0.356 e. The molecule has 162 valence electrons. The molecule has 1 aromatic carbocycles. The predicted octanol–water partition coefficient (Wildman–Crippen LogP) is 4.03. The van der Waals surface area contributed by atoms with Crippen LogP contribution in [0.3, 0.4) is 0 Å². The van der Waals surface area contributed by atoms with Crippen molar-refractivity contribution >= 4 is 52.3 Å². The molecule has 3 heterocycles. The second-order valence-electron chi connectivity index (χ2n) is 7.67. The Kier molecular flexibility index (Phi) is 8.52. The summed E-state index contributed by atoms with van der Waals surface area (Å²) in [5.41, 5.74) is 2.11. The van der Waals surface area contributed by atoms with Gasteiger partial charge in [-0.3, -0.25) is 9.89 Å². The minimum absolute atomic E-state index is 0. The Labute approximate surface area is 199 Å². The Bertz CT molecular complexity index is 905. The molecular formula is C22H31IN6S. The van der Waals surface area contributed by atoms with Gasteiger partial charge in [0.25, 0.3) is 0 Å². The number of likely N-dealkylation sites (tertiary alicyclic amines) is 1. The first-order valence-electron chi connectivity index (χ1n) is 10.4. The number of guanidine groups is 1. The summed E-state index contributed by atoms with van der Waals surface area (Å²) in [4.78, 5) is 16.4. The molecule has 0 radical (unpaired) electrons. The SMILES string of the molecule is CN=C(NCCc1nc2ccccc2[nH]1)NCC1CCCN(C)C1c1cccs1.I. The van der Waals surface area contributed by atoms with Crippen molar-refractivity contribution in [2.45, 2.75) is 25.3 Å². The quantitative estimate of drug-likeness (QED) is 0.252. The van der Waals surface area contributed by atoms with Crippen LogP contribution in [0.4, 0.5) is 0 Å². The van der Waals surface area contributed by atoms with Crippen LogP contribution >= 0.6 is 35.3 Å².